The average Bonchev–Trinajstić information content (AvgIpc) is 3.42. The third-order valence-corrected chi connectivity index (χ3v) is 5.01. The topological polar surface area (TPSA) is 69.0 Å². The van der Waals surface area contributed by atoms with Crippen molar-refractivity contribution < 1.29 is 13.9 Å². The largest absolute Gasteiger partial charge is 0.492 e. The number of carbonyl (C=O) groups is 1. The Morgan fingerprint density at radius 1 is 1.14 bits per heavy atom. The molecule has 0 fully saturated rings. The number of imidazole rings is 1. The SMILES string of the molecule is O=C(Nc1ccc(OCCn2ccnc2)cc1)c1csc(-c2ccc(F)cc2)n1. The molecule has 2 heterocycles. The summed E-state index contributed by atoms with van der Waals surface area (Å²) in [6, 6.07) is 13.2. The summed E-state index contributed by atoms with van der Waals surface area (Å²) in [7, 11) is 0. The first kappa shape index (κ1) is 18.8. The molecule has 0 aliphatic rings. The summed E-state index contributed by atoms with van der Waals surface area (Å²) in [4.78, 5) is 20.8. The molecule has 6 nitrogen and oxygen atoms in total. The second-order valence-electron chi connectivity index (χ2n) is 6.17. The summed E-state index contributed by atoms with van der Waals surface area (Å²) < 4.78 is 20.7. The van der Waals surface area contributed by atoms with Crippen molar-refractivity contribution in [2.24, 2.45) is 0 Å². The molecule has 0 unspecified atom stereocenters. The first-order valence-electron chi connectivity index (χ1n) is 8.89. The highest BCUT2D eigenvalue weighted by atomic mass is 32.1. The van der Waals surface area contributed by atoms with E-state index in [-0.39, 0.29) is 11.7 Å². The van der Waals surface area contributed by atoms with Gasteiger partial charge in [0.2, 0.25) is 0 Å². The fourth-order valence-corrected chi connectivity index (χ4v) is 3.43. The van der Waals surface area contributed by atoms with Crippen LogP contribution in [0.1, 0.15) is 10.5 Å². The lowest BCUT2D eigenvalue weighted by Gasteiger charge is -2.08. The molecule has 1 amide bonds. The molecule has 2 aromatic heterocycles. The maximum absolute atomic E-state index is 13.0. The molecule has 0 saturated heterocycles. The van der Waals surface area contributed by atoms with E-state index in [0.717, 1.165) is 11.3 Å². The molecule has 0 saturated carbocycles. The summed E-state index contributed by atoms with van der Waals surface area (Å²) in [5.41, 5.74) is 1.73. The summed E-state index contributed by atoms with van der Waals surface area (Å²) in [5.74, 6) is 0.108. The van der Waals surface area contributed by atoms with Crippen LogP contribution in [0.5, 0.6) is 5.75 Å². The maximum atomic E-state index is 13.0. The zero-order valence-corrected chi connectivity index (χ0v) is 16.1. The number of hydrogen-bond acceptors (Lipinski definition) is 5. The number of rotatable bonds is 7. The first-order valence-corrected chi connectivity index (χ1v) is 9.77. The molecule has 8 heteroatoms. The van der Waals surface area contributed by atoms with E-state index in [4.69, 9.17) is 4.74 Å². The second-order valence-corrected chi connectivity index (χ2v) is 7.03. The highest BCUT2D eigenvalue weighted by molar-refractivity contribution is 7.13. The van der Waals surface area contributed by atoms with Crippen LogP contribution in [-0.2, 0) is 6.54 Å². The first-order chi connectivity index (χ1) is 14.2. The van der Waals surface area contributed by atoms with E-state index in [9.17, 15) is 9.18 Å². The molecule has 4 rings (SSSR count). The van der Waals surface area contributed by atoms with E-state index in [2.05, 4.69) is 15.3 Å². The Labute approximate surface area is 170 Å². The van der Waals surface area contributed by atoms with E-state index >= 15 is 0 Å². The lowest BCUT2D eigenvalue weighted by Crippen LogP contribution is -2.12. The highest BCUT2D eigenvalue weighted by Gasteiger charge is 2.12. The molecule has 1 N–H and O–H groups in total. The molecule has 0 radical (unpaired) electrons. The van der Waals surface area contributed by atoms with Crippen LogP contribution in [0.3, 0.4) is 0 Å². The Kier molecular flexibility index (Phi) is 5.62. The van der Waals surface area contributed by atoms with Crippen LogP contribution < -0.4 is 10.1 Å². The average molecular weight is 408 g/mol. The molecule has 4 aromatic rings. The van der Waals surface area contributed by atoms with Crippen molar-refractivity contribution in [2.45, 2.75) is 6.54 Å². The van der Waals surface area contributed by atoms with Crippen LogP contribution in [0.25, 0.3) is 10.6 Å². The number of ether oxygens (including phenoxy) is 1. The fourth-order valence-electron chi connectivity index (χ4n) is 2.62. The minimum Gasteiger partial charge on any atom is -0.492 e. The monoisotopic (exact) mass is 408 g/mol. The number of hydrogen-bond donors (Lipinski definition) is 1. The number of nitrogens with one attached hydrogen (secondary N) is 1. The molecule has 29 heavy (non-hydrogen) atoms. The van der Waals surface area contributed by atoms with Crippen molar-refractivity contribution in [3.8, 4) is 16.3 Å². The molecule has 0 aliphatic carbocycles. The number of benzene rings is 2. The Hall–Kier alpha value is -3.52. The van der Waals surface area contributed by atoms with Gasteiger partial charge in [0.25, 0.3) is 5.91 Å². The normalized spacial score (nSPS) is 10.7. The smallest absolute Gasteiger partial charge is 0.275 e. The van der Waals surface area contributed by atoms with Crippen molar-refractivity contribution in [1.29, 1.82) is 0 Å². The van der Waals surface area contributed by atoms with E-state index in [1.165, 1.54) is 23.5 Å². The van der Waals surface area contributed by atoms with Crippen molar-refractivity contribution in [3.63, 3.8) is 0 Å². The Bertz CT molecular complexity index is 1080. The standard InChI is InChI=1S/C21H17FN4O2S/c22-16-3-1-15(2-4-16)21-25-19(13-29-21)20(27)24-17-5-7-18(8-6-17)28-12-11-26-10-9-23-14-26/h1-10,13-14H,11-12H2,(H,24,27). The number of nitrogens with zero attached hydrogens (tertiary/aromatic N) is 3. The Balaban J connectivity index is 1.33. The van der Waals surface area contributed by atoms with Gasteiger partial charge in [-0.15, -0.1) is 11.3 Å². The quantitative estimate of drug-likeness (QED) is 0.490. The number of halogens is 1. The van der Waals surface area contributed by atoms with E-state index in [1.54, 1.807) is 54.3 Å². The predicted octanol–water partition coefficient (Wildman–Crippen LogP) is 4.48. The van der Waals surface area contributed by atoms with Crippen molar-refractivity contribution in [1.82, 2.24) is 14.5 Å². The lowest BCUT2D eigenvalue weighted by molar-refractivity contribution is 0.102. The van der Waals surface area contributed by atoms with Crippen LogP contribution in [0.15, 0.2) is 72.6 Å². The highest BCUT2D eigenvalue weighted by Crippen LogP contribution is 2.24. The number of aromatic nitrogens is 3. The zero-order chi connectivity index (χ0) is 20.1. The Morgan fingerprint density at radius 2 is 1.93 bits per heavy atom. The third kappa shape index (κ3) is 4.85. The van der Waals surface area contributed by atoms with Crippen LogP contribution in [0.2, 0.25) is 0 Å². The molecule has 2 aromatic carbocycles. The van der Waals surface area contributed by atoms with E-state index < -0.39 is 0 Å². The van der Waals surface area contributed by atoms with Crippen molar-refractivity contribution in [2.75, 3.05) is 11.9 Å². The van der Waals surface area contributed by atoms with Gasteiger partial charge in [-0.25, -0.2) is 14.4 Å². The van der Waals surface area contributed by atoms with Gasteiger partial charge in [-0.1, -0.05) is 0 Å². The molecule has 0 atom stereocenters. The van der Waals surface area contributed by atoms with Gasteiger partial charge in [0.1, 0.15) is 28.9 Å². The van der Waals surface area contributed by atoms with Crippen molar-refractivity contribution >= 4 is 22.9 Å². The molecule has 0 spiro atoms. The lowest BCUT2D eigenvalue weighted by atomic mass is 10.2. The van der Waals surface area contributed by atoms with Crippen LogP contribution in [-0.4, -0.2) is 27.0 Å². The van der Waals surface area contributed by atoms with Crippen LogP contribution >= 0.6 is 11.3 Å². The molecular formula is C21H17FN4O2S. The van der Waals surface area contributed by atoms with Gasteiger partial charge in [0.15, 0.2) is 0 Å². The van der Waals surface area contributed by atoms with Crippen LogP contribution in [0, 0.1) is 5.82 Å². The van der Waals surface area contributed by atoms with Gasteiger partial charge >= 0.3 is 0 Å². The summed E-state index contributed by atoms with van der Waals surface area (Å²) in [5, 5.41) is 5.16. The number of anilines is 1. The molecule has 0 aliphatic heterocycles. The van der Waals surface area contributed by atoms with Gasteiger partial charge in [0, 0.05) is 29.0 Å². The zero-order valence-electron chi connectivity index (χ0n) is 15.3. The maximum Gasteiger partial charge on any atom is 0.275 e. The van der Waals surface area contributed by atoms with Gasteiger partial charge < -0.3 is 14.6 Å². The van der Waals surface area contributed by atoms with E-state index in [1.807, 2.05) is 10.8 Å². The minimum atomic E-state index is -0.308. The number of thiazole rings is 1. The second kappa shape index (κ2) is 8.66. The van der Waals surface area contributed by atoms with E-state index in [0.29, 0.717) is 29.5 Å². The predicted molar refractivity (Wildman–Crippen MR) is 110 cm³/mol. The molecule has 0 bridgehead atoms. The molecule has 146 valence electrons. The van der Waals surface area contributed by atoms with Crippen molar-refractivity contribution in [3.05, 3.63) is 84.1 Å². The van der Waals surface area contributed by atoms with Gasteiger partial charge in [0.05, 0.1) is 12.9 Å². The third-order valence-electron chi connectivity index (χ3n) is 4.12. The minimum absolute atomic E-state index is 0.302. The van der Waals surface area contributed by atoms with Crippen LogP contribution in [0.4, 0.5) is 10.1 Å². The summed E-state index contributed by atoms with van der Waals surface area (Å²) >= 11 is 1.34. The van der Waals surface area contributed by atoms with Gasteiger partial charge in [-0.3, -0.25) is 4.79 Å². The fraction of sp³-hybridized carbons (Fsp3) is 0.0952. The summed E-state index contributed by atoms with van der Waals surface area (Å²) in [6.45, 7) is 1.23. The van der Waals surface area contributed by atoms with Gasteiger partial charge in [-0.05, 0) is 48.5 Å². The van der Waals surface area contributed by atoms with Gasteiger partial charge in [-0.2, -0.15) is 0 Å². The number of carbonyl (C=O) groups excluding carboxylic acids is 1. The molecular weight excluding hydrogens is 391 g/mol. The summed E-state index contributed by atoms with van der Waals surface area (Å²) in [6.07, 6.45) is 5.34. The Morgan fingerprint density at radius 3 is 2.66 bits per heavy atom. The number of amides is 1.